The predicted octanol–water partition coefficient (Wildman–Crippen LogP) is 2.14. The molecule has 0 aromatic carbocycles. The Morgan fingerprint density at radius 1 is 1.25 bits per heavy atom. The number of fused-ring (bicyclic) bond motifs is 2. The first kappa shape index (κ1) is 15.3. The largest absolute Gasteiger partial charge is 0.462 e. The van der Waals surface area contributed by atoms with Gasteiger partial charge in [-0.25, -0.2) is 0 Å². The van der Waals surface area contributed by atoms with Crippen molar-refractivity contribution in [3.8, 4) is 0 Å². The monoisotopic (exact) mass is 284 g/mol. The van der Waals surface area contributed by atoms with Gasteiger partial charge in [0.1, 0.15) is 6.10 Å². The lowest BCUT2D eigenvalue weighted by molar-refractivity contribution is -0.168. The standard InChI is InChI=1S/C15H24O5/c1-4-9(2)14(16)20-13-7-10-5-11(13)12(6-10)15(17)19-8-18-3/h9-13H,4-8H2,1-3H3. The molecule has 0 spiro atoms. The molecule has 2 bridgehead atoms. The van der Waals surface area contributed by atoms with Gasteiger partial charge in [0.25, 0.3) is 0 Å². The maximum absolute atomic E-state index is 12.0. The van der Waals surface area contributed by atoms with E-state index in [1.807, 2.05) is 13.8 Å². The average molecular weight is 284 g/mol. The molecule has 0 saturated heterocycles. The minimum Gasteiger partial charge on any atom is -0.462 e. The Balaban J connectivity index is 1.91. The summed E-state index contributed by atoms with van der Waals surface area (Å²) < 4.78 is 15.4. The van der Waals surface area contributed by atoms with Gasteiger partial charge in [-0.3, -0.25) is 9.59 Å². The molecule has 5 heteroatoms. The van der Waals surface area contributed by atoms with Crippen molar-refractivity contribution in [2.24, 2.45) is 23.7 Å². The molecule has 0 aromatic heterocycles. The predicted molar refractivity (Wildman–Crippen MR) is 71.6 cm³/mol. The SMILES string of the molecule is CCC(C)C(=O)OC1CC2CC(C(=O)OCOC)C1C2. The van der Waals surface area contributed by atoms with Gasteiger partial charge in [-0.05, 0) is 31.6 Å². The van der Waals surface area contributed by atoms with E-state index in [-0.39, 0.29) is 42.6 Å². The lowest BCUT2D eigenvalue weighted by Crippen LogP contribution is -2.35. The Kier molecular flexibility index (Phi) is 5.02. The fourth-order valence-electron chi connectivity index (χ4n) is 3.35. The van der Waals surface area contributed by atoms with Crippen LogP contribution in [0.5, 0.6) is 0 Å². The first-order chi connectivity index (χ1) is 9.56. The molecule has 0 radical (unpaired) electrons. The molecule has 0 aromatic rings. The summed E-state index contributed by atoms with van der Waals surface area (Å²) in [4.78, 5) is 23.9. The minimum atomic E-state index is -0.219. The van der Waals surface area contributed by atoms with Crippen molar-refractivity contribution in [1.29, 1.82) is 0 Å². The lowest BCUT2D eigenvalue weighted by Gasteiger charge is -2.28. The van der Waals surface area contributed by atoms with Crippen LogP contribution in [-0.4, -0.2) is 31.9 Å². The summed E-state index contributed by atoms with van der Waals surface area (Å²) in [5.41, 5.74) is 0. The van der Waals surface area contributed by atoms with Crippen LogP contribution < -0.4 is 0 Å². The number of ether oxygens (including phenoxy) is 3. The van der Waals surface area contributed by atoms with Gasteiger partial charge in [-0.15, -0.1) is 0 Å². The van der Waals surface area contributed by atoms with Gasteiger partial charge in [-0.2, -0.15) is 0 Å². The van der Waals surface area contributed by atoms with E-state index in [4.69, 9.17) is 14.2 Å². The van der Waals surface area contributed by atoms with Gasteiger partial charge in [0.2, 0.25) is 0 Å². The fourth-order valence-corrected chi connectivity index (χ4v) is 3.35. The summed E-state index contributed by atoms with van der Waals surface area (Å²) in [7, 11) is 1.49. The fraction of sp³-hybridized carbons (Fsp3) is 0.867. The second-order valence-electron chi connectivity index (χ2n) is 6.00. The highest BCUT2D eigenvalue weighted by Gasteiger charge is 2.51. The molecule has 0 N–H and O–H groups in total. The molecule has 0 amide bonds. The van der Waals surface area contributed by atoms with Gasteiger partial charge in [0, 0.05) is 13.0 Å². The Labute approximate surface area is 120 Å². The summed E-state index contributed by atoms with van der Waals surface area (Å²) in [5, 5.41) is 0. The van der Waals surface area contributed by atoms with Crippen molar-refractivity contribution < 1.29 is 23.8 Å². The Hall–Kier alpha value is -1.10. The van der Waals surface area contributed by atoms with Gasteiger partial charge in [0.15, 0.2) is 6.79 Å². The summed E-state index contributed by atoms with van der Waals surface area (Å²) in [6.45, 7) is 3.83. The van der Waals surface area contributed by atoms with E-state index in [1.165, 1.54) is 7.11 Å². The van der Waals surface area contributed by atoms with Crippen LogP contribution in [0.1, 0.15) is 39.5 Å². The zero-order valence-electron chi connectivity index (χ0n) is 12.5. The zero-order chi connectivity index (χ0) is 14.7. The molecule has 0 heterocycles. The van der Waals surface area contributed by atoms with E-state index in [1.54, 1.807) is 0 Å². The normalized spacial score (nSPS) is 33.0. The van der Waals surface area contributed by atoms with Crippen molar-refractivity contribution in [1.82, 2.24) is 0 Å². The third-order valence-electron chi connectivity index (χ3n) is 4.66. The number of rotatable bonds is 6. The second-order valence-corrected chi connectivity index (χ2v) is 6.00. The highest BCUT2D eigenvalue weighted by atomic mass is 16.7. The van der Waals surface area contributed by atoms with E-state index < -0.39 is 0 Å². The molecule has 5 unspecified atom stereocenters. The van der Waals surface area contributed by atoms with Gasteiger partial charge in [-0.1, -0.05) is 13.8 Å². The molecule has 0 aliphatic heterocycles. The zero-order valence-corrected chi connectivity index (χ0v) is 12.5. The van der Waals surface area contributed by atoms with E-state index in [0.717, 1.165) is 25.7 Å². The van der Waals surface area contributed by atoms with Crippen LogP contribution in [0.3, 0.4) is 0 Å². The molecule has 114 valence electrons. The van der Waals surface area contributed by atoms with Crippen molar-refractivity contribution >= 4 is 11.9 Å². The highest BCUT2D eigenvalue weighted by Crippen LogP contribution is 2.50. The van der Waals surface area contributed by atoms with Gasteiger partial charge in [0.05, 0.1) is 11.8 Å². The molecule has 2 saturated carbocycles. The van der Waals surface area contributed by atoms with E-state index >= 15 is 0 Å². The number of hydrogen-bond donors (Lipinski definition) is 0. The minimum absolute atomic E-state index is 0.00988. The van der Waals surface area contributed by atoms with Gasteiger partial charge >= 0.3 is 11.9 Å². The molecule has 2 rings (SSSR count). The van der Waals surface area contributed by atoms with E-state index in [2.05, 4.69) is 0 Å². The molecule has 2 aliphatic rings. The molecule has 20 heavy (non-hydrogen) atoms. The summed E-state index contributed by atoms with van der Waals surface area (Å²) in [5.74, 6) is 0.0246. The number of carbonyl (C=O) groups excluding carboxylic acids is 2. The Bertz CT molecular complexity index is 367. The highest BCUT2D eigenvalue weighted by molar-refractivity contribution is 5.74. The van der Waals surface area contributed by atoms with Crippen LogP contribution >= 0.6 is 0 Å². The second kappa shape index (κ2) is 6.57. The third kappa shape index (κ3) is 3.14. The van der Waals surface area contributed by atoms with Crippen molar-refractivity contribution in [2.45, 2.75) is 45.6 Å². The van der Waals surface area contributed by atoms with Gasteiger partial charge < -0.3 is 14.2 Å². The Morgan fingerprint density at radius 2 is 2.00 bits per heavy atom. The van der Waals surface area contributed by atoms with E-state index in [9.17, 15) is 9.59 Å². The molecular formula is C15H24O5. The lowest BCUT2D eigenvalue weighted by atomic mass is 9.86. The Morgan fingerprint density at radius 3 is 2.60 bits per heavy atom. The molecule has 5 atom stereocenters. The molecule has 2 aliphatic carbocycles. The number of methoxy groups -OCH3 is 1. The van der Waals surface area contributed by atoms with Crippen LogP contribution in [-0.2, 0) is 23.8 Å². The maximum atomic E-state index is 12.0. The summed E-state index contributed by atoms with van der Waals surface area (Å²) >= 11 is 0. The van der Waals surface area contributed by atoms with Crippen LogP contribution in [0.25, 0.3) is 0 Å². The molecule has 5 nitrogen and oxygen atoms in total. The van der Waals surface area contributed by atoms with Crippen LogP contribution in [0.2, 0.25) is 0 Å². The van der Waals surface area contributed by atoms with Crippen molar-refractivity contribution in [2.75, 3.05) is 13.9 Å². The third-order valence-corrected chi connectivity index (χ3v) is 4.66. The van der Waals surface area contributed by atoms with Crippen LogP contribution in [0, 0.1) is 23.7 Å². The summed E-state index contributed by atoms with van der Waals surface area (Å²) in [6.07, 6.45) is 3.37. The number of esters is 2. The number of carbonyl (C=O) groups is 2. The van der Waals surface area contributed by atoms with Crippen molar-refractivity contribution in [3.05, 3.63) is 0 Å². The topological polar surface area (TPSA) is 61.8 Å². The first-order valence-corrected chi connectivity index (χ1v) is 7.42. The summed E-state index contributed by atoms with van der Waals surface area (Å²) in [6, 6.07) is 0. The first-order valence-electron chi connectivity index (χ1n) is 7.42. The van der Waals surface area contributed by atoms with Crippen LogP contribution in [0.15, 0.2) is 0 Å². The van der Waals surface area contributed by atoms with E-state index in [0.29, 0.717) is 5.92 Å². The van der Waals surface area contributed by atoms with Crippen LogP contribution in [0.4, 0.5) is 0 Å². The molecular weight excluding hydrogens is 260 g/mol. The smallest absolute Gasteiger partial charge is 0.311 e. The quantitative estimate of drug-likeness (QED) is 0.552. The number of hydrogen-bond acceptors (Lipinski definition) is 5. The van der Waals surface area contributed by atoms with Crippen molar-refractivity contribution in [3.63, 3.8) is 0 Å². The average Bonchev–Trinajstić information content (AvgIpc) is 3.03. The molecule has 2 fully saturated rings. The maximum Gasteiger partial charge on any atom is 0.311 e.